The summed E-state index contributed by atoms with van der Waals surface area (Å²) in [5.41, 5.74) is 7.78. The number of carbonyl (C=O) groups is 1. The largest absolute Gasteiger partial charge is 0.459 e. The first-order chi connectivity index (χ1) is 9.74. The van der Waals surface area contributed by atoms with Gasteiger partial charge in [0.2, 0.25) is 0 Å². The molecule has 0 bridgehead atoms. The van der Waals surface area contributed by atoms with Gasteiger partial charge in [0.1, 0.15) is 0 Å². The van der Waals surface area contributed by atoms with Gasteiger partial charge in [-0.05, 0) is 53.1 Å². The fourth-order valence-electron chi connectivity index (χ4n) is 2.10. The van der Waals surface area contributed by atoms with E-state index in [2.05, 4.69) is 10.7 Å². The minimum atomic E-state index is -0.186. The molecular formula is C15H14N2O2S. The van der Waals surface area contributed by atoms with E-state index in [1.165, 1.54) is 21.9 Å². The van der Waals surface area contributed by atoms with Gasteiger partial charge in [-0.2, -0.15) is 0 Å². The summed E-state index contributed by atoms with van der Waals surface area (Å²) in [7, 11) is 0. The van der Waals surface area contributed by atoms with E-state index in [1.54, 1.807) is 23.5 Å². The van der Waals surface area contributed by atoms with Crippen molar-refractivity contribution in [1.82, 2.24) is 5.32 Å². The van der Waals surface area contributed by atoms with E-state index in [0.717, 1.165) is 12.1 Å². The number of nitrogens with two attached hydrogens (primary N) is 1. The molecule has 1 amide bonds. The van der Waals surface area contributed by atoms with Gasteiger partial charge in [-0.15, -0.1) is 11.3 Å². The van der Waals surface area contributed by atoms with Gasteiger partial charge in [-0.3, -0.25) is 4.79 Å². The molecule has 1 aromatic carbocycles. The molecule has 4 nitrogen and oxygen atoms in total. The van der Waals surface area contributed by atoms with Crippen LogP contribution in [0.3, 0.4) is 0 Å². The standard InChI is InChI=1S/C15H14N2O2S/c16-11-3-4-14-12(8-11)10(9-20-14)5-6-17-15(18)13-2-1-7-19-13/h1-4,7-9H,5-6,16H2,(H,17,18). The van der Waals surface area contributed by atoms with E-state index in [4.69, 9.17) is 10.2 Å². The van der Waals surface area contributed by atoms with Crippen molar-refractivity contribution in [3.8, 4) is 0 Å². The van der Waals surface area contributed by atoms with E-state index in [1.807, 2.05) is 18.2 Å². The lowest BCUT2D eigenvalue weighted by molar-refractivity contribution is 0.0926. The first-order valence-corrected chi connectivity index (χ1v) is 7.19. The molecule has 0 spiro atoms. The number of nitrogen functional groups attached to an aromatic ring is 1. The zero-order valence-electron chi connectivity index (χ0n) is 10.8. The minimum Gasteiger partial charge on any atom is -0.459 e. The van der Waals surface area contributed by atoms with Crippen LogP contribution >= 0.6 is 11.3 Å². The maximum atomic E-state index is 11.7. The van der Waals surface area contributed by atoms with Gasteiger partial charge in [0.15, 0.2) is 5.76 Å². The van der Waals surface area contributed by atoms with Crippen LogP contribution in [0.1, 0.15) is 16.1 Å². The number of benzene rings is 1. The normalized spacial score (nSPS) is 10.8. The Bertz CT molecular complexity index is 732. The van der Waals surface area contributed by atoms with Gasteiger partial charge in [0.05, 0.1) is 6.26 Å². The second kappa shape index (κ2) is 5.38. The van der Waals surface area contributed by atoms with Gasteiger partial charge in [-0.25, -0.2) is 0 Å². The minimum absolute atomic E-state index is 0.186. The number of amides is 1. The maximum Gasteiger partial charge on any atom is 0.286 e. The van der Waals surface area contributed by atoms with Crippen molar-refractivity contribution in [3.63, 3.8) is 0 Å². The smallest absolute Gasteiger partial charge is 0.286 e. The molecule has 3 aromatic rings. The lowest BCUT2D eigenvalue weighted by Gasteiger charge is -2.03. The quantitative estimate of drug-likeness (QED) is 0.724. The predicted molar refractivity (Wildman–Crippen MR) is 81.0 cm³/mol. The van der Waals surface area contributed by atoms with E-state index in [0.29, 0.717) is 12.3 Å². The lowest BCUT2D eigenvalue weighted by atomic mass is 10.1. The van der Waals surface area contributed by atoms with Crippen LogP contribution in [0, 0.1) is 0 Å². The molecule has 0 aliphatic heterocycles. The summed E-state index contributed by atoms with van der Waals surface area (Å²) in [6, 6.07) is 9.26. The first kappa shape index (κ1) is 12.7. The topological polar surface area (TPSA) is 68.3 Å². The summed E-state index contributed by atoms with van der Waals surface area (Å²) in [5.74, 6) is 0.151. The molecule has 3 rings (SSSR count). The Labute approximate surface area is 120 Å². The number of carbonyl (C=O) groups excluding carboxylic acids is 1. The molecule has 3 N–H and O–H groups in total. The van der Waals surface area contributed by atoms with Crippen LogP contribution < -0.4 is 11.1 Å². The SMILES string of the molecule is Nc1ccc2scc(CCNC(=O)c3ccco3)c2c1. The number of furan rings is 1. The fourth-order valence-corrected chi connectivity index (χ4v) is 3.08. The van der Waals surface area contributed by atoms with Crippen molar-refractivity contribution in [3.05, 3.63) is 53.3 Å². The van der Waals surface area contributed by atoms with Crippen LogP contribution in [-0.4, -0.2) is 12.5 Å². The number of hydrogen-bond acceptors (Lipinski definition) is 4. The highest BCUT2D eigenvalue weighted by molar-refractivity contribution is 7.17. The summed E-state index contributed by atoms with van der Waals surface area (Å²) in [6.45, 7) is 0.570. The third-order valence-electron chi connectivity index (χ3n) is 3.10. The van der Waals surface area contributed by atoms with E-state index in [9.17, 15) is 4.79 Å². The summed E-state index contributed by atoms with van der Waals surface area (Å²) in [6.07, 6.45) is 2.26. The van der Waals surface area contributed by atoms with Crippen molar-refractivity contribution >= 4 is 33.0 Å². The molecule has 0 fully saturated rings. The van der Waals surface area contributed by atoms with Gasteiger partial charge in [0, 0.05) is 16.9 Å². The molecule has 20 heavy (non-hydrogen) atoms. The van der Waals surface area contributed by atoms with Crippen LogP contribution in [0.4, 0.5) is 5.69 Å². The van der Waals surface area contributed by atoms with Crippen LogP contribution in [0.25, 0.3) is 10.1 Å². The third-order valence-corrected chi connectivity index (χ3v) is 4.11. The molecule has 0 aliphatic rings. The monoisotopic (exact) mass is 286 g/mol. The van der Waals surface area contributed by atoms with E-state index < -0.39 is 0 Å². The van der Waals surface area contributed by atoms with Gasteiger partial charge in [-0.1, -0.05) is 0 Å². The highest BCUT2D eigenvalue weighted by Gasteiger charge is 2.08. The second-order valence-electron chi connectivity index (χ2n) is 4.50. The average Bonchev–Trinajstić information content (AvgIpc) is 3.08. The predicted octanol–water partition coefficient (Wildman–Crippen LogP) is 3.05. The summed E-state index contributed by atoms with van der Waals surface area (Å²) >= 11 is 1.69. The number of hydrogen-bond donors (Lipinski definition) is 2. The van der Waals surface area contributed by atoms with Crippen molar-refractivity contribution in [2.24, 2.45) is 0 Å². The van der Waals surface area contributed by atoms with Crippen LogP contribution in [0.5, 0.6) is 0 Å². The Morgan fingerprint density at radius 2 is 2.25 bits per heavy atom. The Morgan fingerprint density at radius 3 is 3.05 bits per heavy atom. The zero-order chi connectivity index (χ0) is 13.9. The molecule has 2 heterocycles. The van der Waals surface area contributed by atoms with Crippen molar-refractivity contribution in [2.75, 3.05) is 12.3 Å². The molecule has 0 saturated carbocycles. The van der Waals surface area contributed by atoms with Crippen molar-refractivity contribution in [2.45, 2.75) is 6.42 Å². The fraction of sp³-hybridized carbons (Fsp3) is 0.133. The highest BCUT2D eigenvalue weighted by Crippen LogP contribution is 2.27. The summed E-state index contributed by atoms with van der Waals surface area (Å²) in [5, 5.41) is 6.13. The highest BCUT2D eigenvalue weighted by atomic mass is 32.1. The van der Waals surface area contributed by atoms with Crippen molar-refractivity contribution < 1.29 is 9.21 Å². The van der Waals surface area contributed by atoms with E-state index in [-0.39, 0.29) is 5.91 Å². The summed E-state index contributed by atoms with van der Waals surface area (Å²) < 4.78 is 6.26. The second-order valence-corrected chi connectivity index (χ2v) is 5.41. The molecule has 2 aromatic heterocycles. The number of anilines is 1. The zero-order valence-corrected chi connectivity index (χ0v) is 11.6. The number of nitrogens with one attached hydrogen (secondary N) is 1. The van der Waals surface area contributed by atoms with Gasteiger partial charge < -0.3 is 15.5 Å². The molecule has 0 aliphatic carbocycles. The Kier molecular flexibility index (Phi) is 3.43. The molecular weight excluding hydrogens is 272 g/mol. The number of rotatable bonds is 4. The molecule has 0 atom stereocenters. The van der Waals surface area contributed by atoms with Crippen LogP contribution in [0.2, 0.25) is 0 Å². The molecule has 0 radical (unpaired) electrons. The Hall–Kier alpha value is -2.27. The summed E-state index contributed by atoms with van der Waals surface area (Å²) in [4.78, 5) is 11.7. The molecule has 5 heteroatoms. The average molecular weight is 286 g/mol. The number of fused-ring (bicyclic) bond motifs is 1. The van der Waals surface area contributed by atoms with Crippen LogP contribution in [0.15, 0.2) is 46.4 Å². The van der Waals surface area contributed by atoms with Gasteiger partial charge in [0.25, 0.3) is 5.91 Å². The molecule has 0 unspecified atom stereocenters. The van der Waals surface area contributed by atoms with Crippen molar-refractivity contribution in [1.29, 1.82) is 0 Å². The third kappa shape index (κ3) is 2.53. The number of thiophene rings is 1. The maximum absolute atomic E-state index is 11.7. The van der Waals surface area contributed by atoms with Gasteiger partial charge >= 0.3 is 0 Å². The first-order valence-electron chi connectivity index (χ1n) is 6.31. The molecule has 102 valence electrons. The molecule has 0 saturated heterocycles. The Morgan fingerprint density at radius 1 is 1.35 bits per heavy atom. The Balaban J connectivity index is 1.65. The van der Waals surface area contributed by atoms with Crippen LogP contribution in [-0.2, 0) is 6.42 Å². The lowest BCUT2D eigenvalue weighted by Crippen LogP contribution is -2.25. The van der Waals surface area contributed by atoms with E-state index >= 15 is 0 Å².